The monoisotopic (exact) mass is 280 g/mol. The van der Waals surface area contributed by atoms with Crippen molar-refractivity contribution in [1.29, 1.82) is 0 Å². The first-order valence-corrected chi connectivity index (χ1v) is 7.31. The van der Waals surface area contributed by atoms with E-state index in [1.54, 1.807) is 19.1 Å². The van der Waals surface area contributed by atoms with Gasteiger partial charge in [-0.2, -0.15) is 0 Å². The van der Waals surface area contributed by atoms with Crippen molar-refractivity contribution in [3.05, 3.63) is 23.8 Å². The molecule has 1 aliphatic rings. The van der Waals surface area contributed by atoms with E-state index < -0.39 is 23.3 Å². The van der Waals surface area contributed by atoms with Gasteiger partial charge in [-0.15, -0.1) is 0 Å². The Morgan fingerprint density at radius 3 is 2.40 bits per heavy atom. The predicted octanol–water partition coefficient (Wildman–Crippen LogP) is 3.63. The molecule has 20 heavy (non-hydrogen) atoms. The lowest BCUT2D eigenvalue weighted by Crippen LogP contribution is -2.39. The minimum Gasteiger partial charge on any atom is -0.481 e. The average molecular weight is 280 g/mol. The summed E-state index contributed by atoms with van der Waals surface area (Å²) in [5.41, 5.74) is -0.891. The van der Waals surface area contributed by atoms with Gasteiger partial charge in [0, 0.05) is 11.5 Å². The maximum absolute atomic E-state index is 11.7. The minimum atomic E-state index is -1.07. The molecule has 0 saturated heterocycles. The fourth-order valence-electron chi connectivity index (χ4n) is 2.83. The Balaban J connectivity index is 2.78. The van der Waals surface area contributed by atoms with Gasteiger partial charge < -0.3 is 10.2 Å². The third-order valence-electron chi connectivity index (χ3n) is 4.25. The topological polar surface area (TPSA) is 74.6 Å². The van der Waals surface area contributed by atoms with Crippen molar-refractivity contribution in [2.45, 2.75) is 52.4 Å². The number of hydrogen-bond donors (Lipinski definition) is 2. The van der Waals surface area contributed by atoms with E-state index in [2.05, 4.69) is 6.92 Å². The number of unbranched alkanes of at least 4 members (excludes halogenated alkanes) is 4. The van der Waals surface area contributed by atoms with Crippen molar-refractivity contribution in [1.82, 2.24) is 0 Å². The molecule has 112 valence electrons. The van der Waals surface area contributed by atoms with E-state index in [4.69, 9.17) is 5.11 Å². The molecule has 0 bridgehead atoms. The van der Waals surface area contributed by atoms with Crippen molar-refractivity contribution >= 4 is 11.9 Å². The van der Waals surface area contributed by atoms with Crippen LogP contribution >= 0.6 is 0 Å². The van der Waals surface area contributed by atoms with E-state index in [1.165, 1.54) is 6.08 Å². The Bertz CT molecular complexity index is 422. The molecule has 0 aromatic rings. The van der Waals surface area contributed by atoms with E-state index in [-0.39, 0.29) is 5.57 Å². The van der Waals surface area contributed by atoms with Crippen molar-refractivity contribution in [3.8, 4) is 0 Å². The highest BCUT2D eigenvalue weighted by Crippen LogP contribution is 2.42. The molecule has 0 amide bonds. The molecule has 0 aromatic heterocycles. The van der Waals surface area contributed by atoms with E-state index in [9.17, 15) is 14.7 Å². The van der Waals surface area contributed by atoms with E-state index in [0.717, 1.165) is 32.1 Å². The summed E-state index contributed by atoms with van der Waals surface area (Å²) in [4.78, 5) is 22.9. The quantitative estimate of drug-likeness (QED) is 0.666. The molecule has 4 heteroatoms. The van der Waals surface area contributed by atoms with Gasteiger partial charge in [0.1, 0.15) is 0 Å². The molecule has 2 N–H and O–H groups in total. The van der Waals surface area contributed by atoms with Gasteiger partial charge in [-0.25, -0.2) is 4.79 Å². The number of carboxylic acids is 2. The first-order valence-electron chi connectivity index (χ1n) is 7.31. The SMILES string of the molecule is CCCCCCCC1(C(=O)O)C=CC=C(C(=O)O)C1C. The molecule has 0 aliphatic heterocycles. The lowest BCUT2D eigenvalue weighted by molar-refractivity contribution is -0.149. The fourth-order valence-corrected chi connectivity index (χ4v) is 2.83. The molecule has 0 heterocycles. The van der Waals surface area contributed by atoms with Gasteiger partial charge in [0.25, 0.3) is 0 Å². The largest absolute Gasteiger partial charge is 0.481 e. The maximum atomic E-state index is 11.7. The summed E-state index contributed by atoms with van der Waals surface area (Å²) in [5.74, 6) is -2.46. The van der Waals surface area contributed by atoms with Crippen LogP contribution < -0.4 is 0 Å². The Kier molecular flexibility index (Phi) is 5.99. The Morgan fingerprint density at radius 2 is 1.85 bits per heavy atom. The van der Waals surface area contributed by atoms with E-state index in [1.807, 2.05) is 0 Å². The number of aliphatic carboxylic acids is 2. The first-order chi connectivity index (χ1) is 9.45. The zero-order chi connectivity index (χ0) is 15.2. The highest BCUT2D eigenvalue weighted by Gasteiger charge is 2.45. The second kappa shape index (κ2) is 7.27. The minimum absolute atomic E-state index is 0.184. The van der Waals surface area contributed by atoms with Crippen LogP contribution in [-0.2, 0) is 9.59 Å². The zero-order valence-corrected chi connectivity index (χ0v) is 12.3. The van der Waals surface area contributed by atoms with E-state index >= 15 is 0 Å². The van der Waals surface area contributed by atoms with Crippen LogP contribution in [0, 0.1) is 11.3 Å². The summed E-state index contributed by atoms with van der Waals surface area (Å²) in [5, 5.41) is 18.8. The molecule has 2 atom stereocenters. The molecular formula is C16H24O4. The number of hydrogen-bond acceptors (Lipinski definition) is 2. The van der Waals surface area contributed by atoms with Crippen LogP contribution in [0.15, 0.2) is 23.8 Å². The lowest BCUT2D eigenvalue weighted by atomic mass is 9.67. The standard InChI is InChI=1S/C16H24O4/c1-3-4-5-6-7-10-16(15(19)20)11-8-9-13(12(16)2)14(17)18/h8-9,11-12H,3-7,10H2,1-2H3,(H,17,18)(H,19,20). The van der Waals surface area contributed by atoms with Crippen LogP contribution in [0.3, 0.4) is 0 Å². The first kappa shape index (κ1) is 16.5. The van der Waals surface area contributed by atoms with Gasteiger partial charge in [0.2, 0.25) is 0 Å². The van der Waals surface area contributed by atoms with Gasteiger partial charge in [-0.05, 0) is 6.42 Å². The average Bonchev–Trinajstić information content (AvgIpc) is 2.39. The van der Waals surface area contributed by atoms with Crippen LogP contribution in [0.5, 0.6) is 0 Å². The Morgan fingerprint density at radius 1 is 1.20 bits per heavy atom. The number of carbonyl (C=O) groups is 2. The van der Waals surface area contributed by atoms with Gasteiger partial charge >= 0.3 is 11.9 Å². The van der Waals surface area contributed by atoms with Crippen molar-refractivity contribution in [3.63, 3.8) is 0 Å². The zero-order valence-electron chi connectivity index (χ0n) is 12.3. The van der Waals surface area contributed by atoms with Gasteiger partial charge in [-0.3, -0.25) is 4.79 Å². The van der Waals surface area contributed by atoms with Crippen molar-refractivity contribution < 1.29 is 19.8 Å². The van der Waals surface area contributed by atoms with Crippen LogP contribution in [0.4, 0.5) is 0 Å². The Hall–Kier alpha value is -1.58. The van der Waals surface area contributed by atoms with Gasteiger partial charge in [0.15, 0.2) is 0 Å². The number of rotatable bonds is 8. The summed E-state index contributed by atoms with van der Waals surface area (Å²) in [6, 6.07) is 0. The maximum Gasteiger partial charge on any atom is 0.331 e. The third kappa shape index (κ3) is 3.50. The molecule has 1 aliphatic carbocycles. The van der Waals surface area contributed by atoms with Crippen molar-refractivity contribution in [2.24, 2.45) is 11.3 Å². The summed E-state index contributed by atoms with van der Waals surface area (Å²) >= 11 is 0. The van der Waals surface area contributed by atoms with Crippen LogP contribution in [0.25, 0.3) is 0 Å². The molecular weight excluding hydrogens is 256 g/mol. The summed E-state index contributed by atoms with van der Waals surface area (Å²) < 4.78 is 0. The molecule has 0 spiro atoms. The van der Waals surface area contributed by atoms with Crippen LogP contribution in [-0.4, -0.2) is 22.2 Å². The smallest absolute Gasteiger partial charge is 0.331 e. The summed E-state index contributed by atoms with van der Waals surface area (Å²) in [6.07, 6.45) is 10.4. The molecule has 2 unspecified atom stereocenters. The summed E-state index contributed by atoms with van der Waals surface area (Å²) in [6.45, 7) is 3.83. The second-order valence-corrected chi connectivity index (χ2v) is 5.52. The van der Waals surface area contributed by atoms with Crippen LogP contribution in [0.2, 0.25) is 0 Å². The molecule has 1 rings (SSSR count). The molecule has 0 fully saturated rings. The molecule has 4 nitrogen and oxygen atoms in total. The predicted molar refractivity (Wildman–Crippen MR) is 77.5 cm³/mol. The normalized spacial score (nSPS) is 25.3. The molecule has 0 aromatic carbocycles. The fraction of sp³-hybridized carbons (Fsp3) is 0.625. The van der Waals surface area contributed by atoms with Crippen LogP contribution in [0.1, 0.15) is 52.4 Å². The number of allylic oxidation sites excluding steroid dienone is 2. The van der Waals surface area contributed by atoms with Crippen molar-refractivity contribution in [2.75, 3.05) is 0 Å². The number of carboxylic acid groups (broad SMARTS) is 2. The third-order valence-corrected chi connectivity index (χ3v) is 4.25. The van der Waals surface area contributed by atoms with Gasteiger partial charge in [0.05, 0.1) is 5.41 Å². The van der Waals surface area contributed by atoms with Gasteiger partial charge in [-0.1, -0.05) is 64.2 Å². The lowest BCUT2D eigenvalue weighted by Gasteiger charge is -2.35. The summed E-state index contributed by atoms with van der Waals surface area (Å²) in [7, 11) is 0. The highest BCUT2D eigenvalue weighted by molar-refractivity contribution is 5.91. The Labute approximate surface area is 120 Å². The second-order valence-electron chi connectivity index (χ2n) is 5.52. The highest BCUT2D eigenvalue weighted by atomic mass is 16.4. The molecule has 0 saturated carbocycles. The molecule has 0 radical (unpaired) electrons. The van der Waals surface area contributed by atoms with E-state index in [0.29, 0.717) is 6.42 Å².